The number of phenolic OH excluding ortho intramolecular Hbond substituents is 1. The standard InChI is InChI=1S/C28H45F3O2/c1-19(2)10-7-11-20(3)12-8-13-24(28(29,30)31)14-9-16-27(6)17-15-23-18-25(32)21(4)22(5)26(23)33-27/h18-20,24,32H,7-17H2,1-6H3. The van der Waals surface area contributed by atoms with Gasteiger partial charge in [0.2, 0.25) is 0 Å². The van der Waals surface area contributed by atoms with Gasteiger partial charge in [0.05, 0.1) is 5.92 Å². The molecule has 1 aromatic carbocycles. The number of rotatable bonds is 12. The first-order valence-corrected chi connectivity index (χ1v) is 12.9. The molecule has 1 aromatic rings. The van der Waals surface area contributed by atoms with Gasteiger partial charge in [-0.25, -0.2) is 0 Å². The third-order valence-corrected chi connectivity index (χ3v) is 7.61. The number of halogens is 3. The van der Waals surface area contributed by atoms with Crippen LogP contribution in [0.1, 0.15) is 109 Å². The predicted octanol–water partition coefficient (Wildman–Crippen LogP) is 9.07. The molecule has 1 aliphatic rings. The number of aromatic hydroxyl groups is 1. The van der Waals surface area contributed by atoms with Crippen LogP contribution >= 0.6 is 0 Å². The molecule has 0 bridgehead atoms. The molecule has 1 aliphatic heterocycles. The summed E-state index contributed by atoms with van der Waals surface area (Å²) in [6.07, 6.45) is 3.94. The maximum absolute atomic E-state index is 13.7. The zero-order chi connectivity index (χ0) is 24.8. The summed E-state index contributed by atoms with van der Waals surface area (Å²) in [6, 6.07) is 1.76. The van der Waals surface area contributed by atoms with Crippen LogP contribution in [-0.4, -0.2) is 16.9 Å². The fraction of sp³-hybridized carbons (Fsp3) is 0.786. The summed E-state index contributed by atoms with van der Waals surface area (Å²) in [5.74, 6) is 1.05. The van der Waals surface area contributed by atoms with E-state index in [4.69, 9.17) is 4.74 Å². The van der Waals surface area contributed by atoms with Crippen LogP contribution in [0.25, 0.3) is 0 Å². The van der Waals surface area contributed by atoms with Gasteiger partial charge in [-0.1, -0.05) is 52.9 Å². The van der Waals surface area contributed by atoms with Crippen molar-refractivity contribution in [2.75, 3.05) is 0 Å². The first kappa shape index (κ1) is 27.9. The molecule has 0 saturated heterocycles. The lowest BCUT2D eigenvalue weighted by Crippen LogP contribution is -2.37. The van der Waals surface area contributed by atoms with Gasteiger partial charge in [0.15, 0.2) is 0 Å². The topological polar surface area (TPSA) is 29.5 Å². The molecule has 2 nitrogen and oxygen atoms in total. The molecule has 0 radical (unpaired) electrons. The van der Waals surface area contributed by atoms with Crippen LogP contribution in [-0.2, 0) is 6.42 Å². The number of hydrogen-bond acceptors (Lipinski definition) is 2. The SMILES string of the molecule is Cc1c(O)cc2c(c1C)OC(C)(CCCC(CCCC(C)CCCC(C)C)C(F)(F)F)CC2. The van der Waals surface area contributed by atoms with Crippen molar-refractivity contribution in [3.63, 3.8) is 0 Å². The molecule has 0 fully saturated rings. The van der Waals surface area contributed by atoms with Crippen LogP contribution in [0.2, 0.25) is 0 Å². The van der Waals surface area contributed by atoms with E-state index < -0.39 is 17.7 Å². The van der Waals surface area contributed by atoms with Crippen LogP contribution < -0.4 is 4.74 Å². The minimum Gasteiger partial charge on any atom is -0.508 e. The minimum absolute atomic E-state index is 0.171. The van der Waals surface area contributed by atoms with Gasteiger partial charge in [-0.15, -0.1) is 0 Å². The molecule has 190 valence electrons. The lowest BCUT2D eigenvalue weighted by molar-refractivity contribution is -0.179. The normalized spacial score (nSPS) is 20.4. The molecule has 5 heteroatoms. The van der Waals surface area contributed by atoms with E-state index in [0.717, 1.165) is 48.1 Å². The van der Waals surface area contributed by atoms with E-state index in [2.05, 4.69) is 20.8 Å². The number of benzene rings is 1. The Hall–Kier alpha value is -1.39. The number of aryl methyl sites for hydroxylation is 1. The highest BCUT2D eigenvalue weighted by Crippen LogP contribution is 2.43. The second-order valence-corrected chi connectivity index (χ2v) is 11.2. The third-order valence-electron chi connectivity index (χ3n) is 7.61. The fourth-order valence-electron chi connectivity index (χ4n) is 5.07. The van der Waals surface area contributed by atoms with Crippen molar-refractivity contribution in [1.29, 1.82) is 0 Å². The number of fused-ring (bicyclic) bond motifs is 1. The molecular formula is C28H45F3O2. The van der Waals surface area contributed by atoms with Gasteiger partial charge >= 0.3 is 6.18 Å². The quantitative estimate of drug-likeness (QED) is 0.330. The van der Waals surface area contributed by atoms with Crippen molar-refractivity contribution in [3.8, 4) is 11.5 Å². The fourth-order valence-corrected chi connectivity index (χ4v) is 5.07. The smallest absolute Gasteiger partial charge is 0.391 e. The van der Waals surface area contributed by atoms with Crippen LogP contribution in [0.15, 0.2) is 6.07 Å². The summed E-state index contributed by atoms with van der Waals surface area (Å²) in [4.78, 5) is 0. The van der Waals surface area contributed by atoms with Gasteiger partial charge < -0.3 is 9.84 Å². The monoisotopic (exact) mass is 470 g/mol. The Morgan fingerprint density at radius 3 is 2.18 bits per heavy atom. The Labute approximate surface area is 199 Å². The zero-order valence-electron chi connectivity index (χ0n) is 21.6. The maximum Gasteiger partial charge on any atom is 0.391 e. The first-order valence-electron chi connectivity index (χ1n) is 12.9. The van der Waals surface area contributed by atoms with E-state index in [1.54, 1.807) is 6.07 Å². The van der Waals surface area contributed by atoms with Crippen molar-refractivity contribution in [1.82, 2.24) is 0 Å². The number of phenols is 1. The summed E-state index contributed by atoms with van der Waals surface area (Å²) in [7, 11) is 0. The highest BCUT2D eigenvalue weighted by Gasteiger charge is 2.39. The molecule has 33 heavy (non-hydrogen) atoms. The van der Waals surface area contributed by atoms with Gasteiger partial charge in [-0.3, -0.25) is 0 Å². The minimum atomic E-state index is -4.13. The van der Waals surface area contributed by atoms with Crippen LogP contribution in [0.4, 0.5) is 13.2 Å². The number of ether oxygens (including phenoxy) is 1. The lowest BCUT2D eigenvalue weighted by atomic mass is 9.84. The third kappa shape index (κ3) is 8.40. The van der Waals surface area contributed by atoms with Crippen molar-refractivity contribution in [2.24, 2.45) is 17.8 Å². The van der Waals surface area contributed by atoms with Crippen molar-refractivity contribution in [3.05, 3.63) is 22.8 Å². The van der Waals surface area contributed by atoms with Crippen molar-refractivity contribution in [2.45, 2.75) is 124 Å². The van der Waals surface area contributed by atoms with Crippen molar-refractivity contribution < 1.29 is 23.0 Å². The Kier molecular flexibility index (Phi) is 9.99. The average molecular weight is 471 g/mol. The molecule has 0 spiro atoms. The summed E-state index contributed by atoms with van der Waals surface area (Å²) in [5.41, 5.74) is 2.26. The molecule has 3 unspecified atom stereocenters. The summed E-state index contributed by atoms with van der Waals surface area (Å²) in [6.45, 7) is 12.4. The zero-order valence-corrected chi connectivity index (χ0v) is 21.6. The van der Waals surface area contributed by atoms with Crippen LogP contribution in [0.5, 0.6) is 11.5 Å². The predicted molar refractivity (Wildman–Crippen MR) is 130 cm³/mol. The first-order chi connectivity index (χ1) is 15.3. The van der Waals surface area contributed by atoms with E-state index >= 15 is 0 Å². The van der Waals surface area contributed by atoms with Crippen LogP contribution in [0.3, 0.4) is 0 Å². The Bertz CT molecular complexity index is 756. The maximum atomic E-state index is 13.7. The van der Waals surface area contributed by atoms with E-state index in [1.165, 1.54) is 12.8 Å². The Balaban J connectivity index is 1.85. The molecule has 0 saturated carbocycles. The number of hydrogen-bond donors (Lipinski definition) is 1. The summed E-state index contributed by atoms with van der Waals surface area (Å²) >= 11 is 0. The largest absolute Gasteiger partial charge is 0.508 e. The Morgan fingerprint density at radius 1 is 0.970 bits per heavy atom. The summed E-state index contributed by atoms with van der Waals surface area (Å²) < 4.78 is 47.4. The van der Waals surface area contributed by atoms with Crippen molar-refractivity contribution >= 4 is 0 Å². The second-order valence-electron chi connectivity index (χ2n) is 11.2. The van der Waals surface area contributed by atoms with Gasteiger partial charge in [-0.05, 0) is 93.9 Å². The highest BCUT2D eigenvalue weighted by molar-refractivity contribution is 5.53. The molecule has 2 rings (SSSR count). The highest BCUT2D eigenvalue weighted by atomic mass is 19.4. The van der Waals surface area contributed by atoms with Gasteiger partial charge in [0.25, 0.3) is 0 Å². The molecule has 0 aromatic heterocycles. The van der Waals surface area contributed by atoms with Gasteiger partial charge in [0.1, 0.15) is 17.1 Å². The average Bonchev–Trinajstić information content (AvgIpc) is 2.71. The molecular weight excluding hydrogens is 425 g/mol. The Morgan fingerprint density at radius 2 is 1.58 bits per heavy atom. The lowest BCUT2D eigenvalue weighted by Gasteiger charge is -2.37. The second kappa shape index (κ2) is 11.8. The molecule has 1 heterocycles. The molecule has 1 N–H and O–H groups in total. The van der Waals surface area contributed by atoms with E-state index in [-0.39, 0.29) is 18.6 Å². The van der Waals surface area contributed by atoms with Crippen LogP contribution in [0, 0.1) is 31.6 Å². The molecule has 0 aliphatic carbocycles. The summed E-state index contributed by atoms with van der Waals surface area (Å²) in [5, 5.41) is 10.1. The molecule has 0 amide bonds. The van der Waals surface area contributed by atoms with E-state index in [1.807, 2.05) is 20.8 Å². The van der Waals surface area contributed by atoms with Gasteiger partial charge in [0, 0.05) is 0 Å². The van der Waals surface area contributed by atoms with Gasteiger partial charge in [-0.2, -0.15) is 13.2 Å². The van der Waals surface area contributed by atoms with E-state index in [0.29, 0.717) is 31.1 Å². The number of alkyl halides is 3. The van der Waals surface area contributed by atoms with E-state index in [9.17, 15) is 18.3 Å². The molecule has 3 atom stereocenters.